The zero-order valence-electron chi connectivity index (χ0n) is 10.2. The van der Waals surface area contributed by atoms with Gasteiger partial charge in [-0.2, -0.15) is 11.3 Å². The van der Waals surface area contributed by atoms with Gasteiger partial charge in [0.15, 0.2) is 0 Å². The van der Waals surface area contributed by atoms with Crippen LogP contribution in [0.4, 0.5) is 0 Å². The standard InChI is InChI=1S/C12H12N4OS2/c1-8(17)11-5-16(15-14-11)4-10-7-19-12(13-10)9-2-3-18-6-9/h2-3,5-8,17H,4H2,1H3. The first-order valence-corrected chi connectivity index (χ1v) is 7.59. The molecule has 3 rings (SSSR count). The molecular weight excluding hydrogens is 280 g/mol. The highest BCUT2D eigenvalue weighted by Crippen LogP contribution is 2.25. The Hall–Kier alpha value is -1.57. The number of aromatic nitrogens is 4. The number of thiophene rings is 1. The average Bonchev–Trinajstić information content (AvgIpc) is 3.09. The van der Waals surface area contributed by atoms with Crippen molar-refractivity contribution in [3.8, 4) is 10.6 Å². The number of hydrogen-bond acceptors (Lipinski definition) is 6. The molecule has 0 spiro atoms. The van der Waals surface area contributed by atoms with Gasteiger partial charge in [0.05, 0.1) is 24.5 Å². The zero-order valence-corrected chi connectivity index (χ0v) is 11.9. The lowest BCUT2D eigenvalue weighted by Gasteiger charge is -1.96. The molecule has 0 fully saturated rings. The van der Waals surface area contributed by atoms with E-state index in [0.29, 0.717) is 12.2 Å². The maximum atomic E-state index is 9.40. The van der Waals surface area contributed by atoms with Crippen molar-refractivity contribution >= 4 is 22.7 Å². The summed E-state index contributed by atoms with van der Waals surface area (Å²) in [6, 6.07) is 2.06. The molecule has 0 amide bonds. The summed E-state index contributed by atoms with van der Waals surface area (Å²) in [7, 11) is 0. The first kappa shape index (κ1) is 12.5. The maximum Gasteiger partial charge on any atom is 0.124 e. The van der Waals surface area contributed by atoms with Crippen LogP contribution < -0.4 is 0 Å². The minimum Gasteiger partial charge on any atom is -0.387 e. The topological polar surface area (TPSA) is 63.8 Å². The lowest BCUT2D eigenvalue weighted by Crippen LogP contribution is -2.00. The lowest BCUT2D eigenvalue weighted by molar-refractivity contribution is 0.194. The maximum absolute atomic E-state index is 9.40. The van der Waals surface area contributed by atoms with E-state index in [0.717, 1.165) is 16.3 Å². The second-order valence-electron chi connectivity index (χ2n) is 4.17. The van der Waals surface area contributed by atoms with E-state index in [-0.39, 0.29) is 0 Å². The summed E-state index contributed by atoms with van der Waals surface area (Å²) in [5, 5.41) is 24.5. The van der Waals surface area contributed by atoms with Crippen molar-refractivity contribution in [1.29, 1.82) is 0 Å². The summed E-state index contributed by atoms with van der Waals surface area (Å²) in [4.78, 5) is 4.58. The van der Waals surface area contributed by atoms with E-state index in [9.17, 15) is 5.11 Å². The lowest BCUT2D eigenvalue weighted by atomic mass is 10.3. The number of aliphatic hydroxyl groups is 1. The molecule has 0 radical (unpaired) electrons. The number of rotatable bonds is 4. The van der Waals surface area contributed by atoms with Crippen molar-refractivity contribution < 1.29 is 5.11 Å². The Labute approximate surface area is 118 Å². The first-order chi connectivity index (χ1) is 9.22. The van der Waals surface area contributed by atoms with Crippen LogP contribution in [0.3, 0.4) is 0 Å². The second-order valence-corrected chi connectivity index (χ2v) is 5.81. The monoisotopic (exact) mass is 292 g/mol. The minimum absolute atomic E-state index is 0.570. The fourth-order valence-electron chi connectivity index (χ4n) is 1.65. The summed E-state index contributed by atoms with van der Waals surface area (Å²) in [5.74, 6) is 0. The van der Waals surface area contributed by atoms with Gasteiger partial charge in [-0.05, 0) is 18.4 Å². The fourth-order valence-corrected chi connectivity index (χ4v) is 3.17. The summed E-state index contributed by atoms with van der Waals surface area (Å²) < 4.78 is 1.69. The quantitative estimate of drug-likeness (QED) is 0.802. The molecule has 0 bridgehead atoms. The third kappa shape index (κ3) is 2.73. The molecule has 98 valence electrons. The van der Waals surface area contributed by atoms with Crippen molar-refractivity contribution in [2.75, 3.05) is 0 Å². The third-order valence-electron chi connectivity index (χ3n) is 2.63. The van der Waals surface area contributed by atoms with E-state index >= 15 is 0 Å². The van der Waals surface area contributed by atoms with Crippen LogP contribution in [0, 0.1) is 0 Å². The van der Waals surface area contributed by atoms with E-state index in [4.69, 9.17) is 0 Å². The van der Waals surface area contributed by atoms with Gasteiger partial charge in [-0.25, -0.2) is 9.67 Å². The molecule has 3 heterocycles. The Balaban J connectivity index is 1.76. The molecule has 0 saturated heterocycles. The molecule has 0 aliphatic rings. The molecule has 0 aliphatic carbocycles. The van der Waals surface area contributed by atoms with Gasteiger partial charge in [-0.15, -0.1) is 16.4 Å². The Morgan fingerprint density at radius 2 is 2.32 bits per heavy atom. The molecule has 7 heteroatoms. The normalized spacial score (nSPS) is 12.7. The van der Waals surface area contributed by atoms with Crippen molar-refractivity contribution in [3.63, 3.8) is 0 Å². The first-order valence-electron chi connectivity index (χ1n) is 5.77. The summed E-state index contributed by atoms with van der Waals surface area (Å²) >= 11 is 3.29. The predicted molar refractivity (Wildman–Crippen MR) is 75.2 cm³/mol. The Kier molecular flexibility index (Phi) is 3.41. The smallest absolute Gasteiger partial charge is 0.124 e. The highest BCUT2D eigenvalue weighted by molar-refractivity contribution is 7.14. The van der Waals surface area contributed by atoms with Crippen LogP contribution in [0.15, 0.2) is 28.4 Å². The molecule has 3 aromatic heterocycles. The van der Waals surface area contributed by atoms with Gasteiger partial charge in [0.2, 0.25) is 0 Å². The zero-order chi connectivity index (χ0) is 13.2. The number of nitrogens with zero attached hydrogens (tertiary/aromatic N) is 4. The van der Waals surface area contributed by atoms with Gasteiger partial charge in [0.25, 0.3) is 0 Å². The van der Waals surface area contributed by atoms with Crippen LogP contribution in [0.1, 0.15) is 24.4 Å². The van der Waals surface area contributed by atoms with E-state index in [2.05, 4.69) is 26.7 Å². The van der Waals surface area contributed by atoms with Gasteiger partial charge < -0.3 is 5.11 Å². The van der Waals surface area contributed by atoms with Crippen LogP contribution in [-0.4, -0.2) is 25.1 Å². The Morgan fingerprint density at radius 3 is 3.00 bits per heavy atom. The SMILES string of the molecule is CC(O)c1cn(Cc2csc(-c3ccsc3)n2)nn1. The molecule has 1 unspecified atom stereocenters. The van der Waals surface area contributed by atoms with E-state index in [1.807, 2.05) is 10.8 Å². The third-order valence-corrected chi connectivity index (χ3v) is 4.25. The fraction of sp³-hybridized carbons (Fsp3) is 0.250. The molecule has 0 saturated carbocycles. The van der Waals surface area contributed by atoms with Gasteiger partial charge in [-0.1, -0.05) is 5.21 Å². The van der Waals surface area contributed by atoms with Crippen LogP contribution in [-0.2, 0) is 6.54 Å². The van der Waals surface area contributed by atoms with Gasteiger partial charge >= 0.3 is 0 Å². The molecule has 0 aliphatic heterocycles. The van der Waals surface area contributed by atoms with Crippen LogP contribution in [0.2, 0.25) is 0 Å². The van der Waals surface area contributed by atoms with Crippen molar-refractivity contribution in [2.24, 2.45) is 0 Å². The van der Waals surface area contributed by atoms with Crippen molar-refractivity contribution in [1.82, 2.24) is 20.0 Å². The molecule has 3 aromatic rings. The van der Waals surface area contributed by atoms with E-state index in [1.54, 1.807) is 40.5 Å². The van der Waals surface area contributed by atoms with Gasteiger partial charge in [-0.3, -0.25) is 0 Å². The summed E-state index contributed by atoms with van der Waals surface area (Å²) in [6.07, 6.45) is 1.15. The van der Waals surface area contributed by atoms with Crippen molar-refractivity contribution in [2.45, 2.75) is 19.6 Å². The van der Waals surface area contributed by atoms with Gasteiger partial charge in [0, 0.05) is 16.3 Å². The molecule has 0 aromatic carbocycles. The molecule has 5 nitrogen and oxygen atoms in total. The Bertz CT molecular complexity index is 657. The highest BCUT2D eigenvalue weighted by Gasteiger charge is 2.09. The van der Waals surface area contributed by atoms with E-state index < -0.39 is 6.10 Å². The number of thiazole rings is 1. The average molecular weight is 292 g/mol. The highest BCUT2D eigenvalue weighted by atomic mass is 32.1. The predicted octanol–water partition coefficient (Wildman–Crippen LogP) is 2.56. The van der Waals surface area contributed by atoms with Crippen molar-refractivity contribution in [3.05, 3.63) is 39.8 Å². The molecule has 1 N–H and O–H groups in total. The molecule has 19 heavy (non-hydrogen) atoms. The molecule has 1 atom stereocenters. The van der Waals surface area contributed by atoms with Crippen LogP contribution in [0.5, 0.6) is 0 Å². The Morgan fingerprint density at radius 1 is 1.42 bits per heavy atom. The largest absolute Gasteiger partial charge is 0.387 e. The molecular formula is C12H12N4OS2. The van der Waals surface area contributed by atoms with E-state index in [1.165, 1.54) is 0 Å². The summed E-state index contributed by atoms with van der Waals surface area (Å²) in [6.45, 7) is 2.24. The van der Waals surface area contributed by atoms with Crippen LogP contribution in [0.25, 0.3) is 10.6 Å². The number of hydrogen-bond donors (Lipinski definition) is 1. The number of aliphatic hydroxyl groups excluding tert-OH is 1. The second kappa shape index (κ2) is 5.20. The minimum atomic E-state index is -0.592. The summed E-state index contributed by atoms with van der Waals surface area (Å²) in [5.41, 5.74) is 2.69. The van der Waals surface area contributed by atoms with Crippen LogP contribution >= 0.6 is 22.7 Å². The van der Waals surface area contributed by atoms with Gasteiger partial charge in [0.1, 0.15) is 10.7 Å².